The zero-order valence-electron chi connectivity index (χ0n) is 18.4. The molecule has 0 spiro atoms. The van der Waals surface area contributed by atoms with E-state index in [-0.39, 0.29) is 17.7 Å². The Kier molecular flexibility index (Phi) is 5.68. The molecule has 0 saturated carbocycles. The molecule has 0 amide bonds. The number of rotatable bonds is 5. The predicted octanol–water partition coefficient (Wildman–Crippen LogP) is 5.13. The van der Waals surface area contributed by atoms with Gasteiger partial charge >= 0.3 is 0 Å². The second kappa shape index (κ2) is 8.65. The van der Waals surface area contributed by atoms with E-state index >= 15 is 0 Å². The highest BCUT2D eigenvalue weighted by Crippen LogP contribution is 2.35. The second-order valence-corrected chi connectivity index (χ2v) is 8.63. The van der Waals surface area contributed by atoms with Crippen molar-refractivity contribution in [2.75, 3.05) is 25.2 Å². The van der Waals surface area contributed by atoms with E-state index in [0.29, 0.717) is 5.65 Å². The highest BCUT2D eigenvalue weighted by atomic mass is 35.5. The first-order chi connectivity index (χ1) is 16.0. The zero-order valence-corrected chi connectivity index (χ0v) is 19.2. The fourth-order valence-corrected chi connectivity index (χ4v) is 4.72. The van der Waals surface area contributed by atoms with E-state index < -0.39 is 5.82 Å². The monoisotopic (exact) mass is 466 g/mol. The van der Waals surface area contributed by atoms with Gasteiger partial charge in [-0.15, -0.1) is 0 Å². The number of aryl methyl sites for hydroxylation is 1. The van der Waals surface area contributed by atoms with Crippen molar-refractivity contribution in [3.05, 3.63) is 65.1 Å². The molecule has 1 saturated heterocycles. The van der Waals surface area contributed by atoms with Gasteiger partial charge in [0.05, 0.1) is 36.2 Å². The van der Waals surface area contributed by atoms with Crippen molar-refractivity contribution in [3.8, 4) is 28.1 Å². The Morgan fingerprint density at radius 1 is 1.15 bits per heavy atom. The number of halogens is 2. The fourth-order valence-electron chi connectivity index (χ4n) is 4.54. The van der Waals surface area contributed by atoms with Crippen LogP contribution < -0.4 is 9.64 Å². The van der Waals surface area contributed by atoms with Crippen LogP contribution in [0.25, 0.3) is 28.0 Å². The molecular weight excluding hydrogens is 443 g/mol. The van der Waals surface area contributed by atoms with Crippen molar-refractivity contribution in [2.24, 2.45) is 0 Å². The Morgan fingerprint density at radius 2 is 1.91 bits per heavy atom. The Bertz CT molecular complexity index is 1320. The average Bonchev–Trinajstić information content (AvgIpc) is 3.44. The van der Waals surface area contributed by atoms with Crippen LogP contribution in [0, 0.1) is 12.7 Å². The molecule has 2 aromatic heterocycles. The number of aliphatic hydroxyl groups is 1. The molecule has 5 rings (SSSR count). The maximum absolute atomic E-state index is 13.9. The van der Waals surface area contributed by atoms with Gasteiger partial charge in [-0.05, 0) is 55.7 Å². The van der Waals surface area contributed by atoms with Crippen LogP contribution >= 0.6 is 11.6 Å². The topological polar surface area (TPSA) is 62.9 Å². The zero-order chi connectivity index (χ0) is 23.1. The lowest BCUT2D eigenvalue weighted by molar-refractivity contribution is 0.266. The van der Waals surface area contributed by atoms with Gasteiger partial charge in [-0.3, -0.25) is 0 Å². The molecule has 0 radical (unpaired) electrons. The first-order valence-electron chi connectivity index (χ1n) is 10.9. The molecule has 1 unspecified atom stereocenters. The van der Waals surface area contributed by atoms with Crippen molar-refractivity contribution in [2.45, 2.75) is 25.8 Å². The van der Waals surface area contributed by atoms with Crippen molar-refractivity contribution in [3.63, 3.8) is 0 Å². The first-order valence-corrected chi connectivity index (χ1v) is 11.3. The standard InChI is InChI=1S/C25H24ClFN4O2/c1-15-24(16-5-8-19(33-2)9-6-16)25-28-23(30-11-3-4-18(30)14-32)13-22(31(25)29-15)17-7-10-21(27)20(26)12-17/h5-10,12-13,18,32H,3-4,11,14H2,1-2H3. The summed E-state index contributed by atoms with van der Waals surface area (Å²) in [5.41, 5.74) is 4.88. The third kappa shape index (κ3) is 3.81. The number of aromatic nitrogens is 3. The van der Waals surface area contributed by atoms with Crippen LogP contribution in [0.3, 0.4) is 0 Å². The third-order valence-corrected chi connectivity index (χ3v) is 6.52. The number of aliphatic hydroxyl groups excluding tert-OH is 1. The van der Waals surface area contributed by atoms with E-state index in [1.165, 1.54) is 6.07 Å². The van der Waals surface area contributed by atoms with Gasteiger partial charge in [-0.1, -0.05) is 23.7 Å². The predicted molar refractivity (Wildman–Crippen MR) is 128 cm³/mol. The van der Waals surface area contributed by atoms with Crippen LogP contribution in [-0.2, 0) is 0 Å². The summed E-state index contributed by atoms with van der Waals surface area (Å²) >= 11 is 6.11. The summed E-state index contributed by atoms with van der Waals surface area (Å²) in [6.07, 6.45) is 1.89. The summed E-state index contributed by atoms with van der Waals surface area (Å²) in [6, 6.07) is 14.4. The summed E-state index contributed by atoms with van der Waals surface area (Å²) < 4.78 is 21.0. The van der Waals surface area contributed by atoms with E-state index in [9.17, 15) is 9.50 Å². The quantitative estimate of drug-likeness (QED) is 0.441. The van der Waals surface area contributed by atoms with Crippen LogP contribution in [-0.4, -0.2) is 46.0 Å². The normalized spacial score (nSPS) is 16.0. The maximum Gasteiger partial charge on any atom is 0.166 e. The number of ether oxygens (including phenoxy) is 1. The van der Waals surface area contributed by atoms with E-state index in [1.54, 1.807) is 23.8 Å². The van der Waals surface area contributed by atoms with Gasteiger partial charge in [0.2, 0.25) is 0 Å². The minimum Gasteiger partial charge on any atom is -0.497 e. The van der Waals surface area contributed by atoms with Crippen LogP contribution in [0.1, 0.15) is 18.5 Å². The molecule has 0 aliphatic carbocycles. The largest absolute Gasteiger partial charge is 0.497 e. The van der Waals surface area contributed by atoms with Crippen LogP contribution in [0.5, 0.6) is 5.75 Å². The van der Waals surface area contributed by atoms with Gasteiger partial charge in [0.1, 0.15) is 17.4 Å². The molecule has 4 aromatic rings. The van der Waals surface area contributed by atoms with Gasteiger partial charge in [0.15, 0.2) is 5.65 Å². The average molecular weight is 467 g/mol. The molecule has 1 N–H and O–H groups in total. The van der Waals surface area contributed by atoms with Crippen LogP contribution in [0.4, 0.5) is 10.2 Å². The minimum absolute atomic E-state index is 0.0121. The summed E-state index contributed by atoms with van der Waals surface area (Å²) in [6.45, 7) is 2.82. The van der Waals surface area contributed by atoms with E-state index in [1.807, 2.05) is 37.3 Å². The van der Waals surface area contributed by atoms with Gasteiger partial charge in [0.25, 0.3) is 0 Å². The van der Waals surface area contributed by atoms with Crippen LogP contribution in [0.2, 0.25) is 5.02 Å². The molecule has 1 fully saturated rings. The Balaban J connectivity index is 1.76. The molecule has 8 heteroatoms. The number of methoxy groups -OCH3 is 1. The maximum atomic E-state index is 13.9. The number of fused-ring (bicyclic) bond motifs is 1. The fraction of sp³-hybridized carbons (Fsp3) is 0.280. The van der Waals surface area contributed by atoms with Crippen molar-refractivity contribution in [1.29, 1.82) is 0 Å². The number of hydrogen-bond donors (Lipinski definition) is 1. The lowest BCUT2D eigenvalue weighted by Gasteiger charge is -2.25. The van der Waals surface area contributed by atoms with E-state index in [4.69, 9.17) is 26.4 Å². The molecule has 170 valence electrons. The highest BCUT2D eigenvalue weighted by Gasteiger charge is 2.27. The molecule has 1 aliphatic heterocycles. The number of benzene rings is 2. The molecule has 0 bridgehead atoms. The number of hydrogen-bond acceptors (Lipinski definition) is 5. The molecular formula is C25H24ClFN4O2. The molecule has 6 nitrogen and oxygen atoms in total. The minimum atomic E-state index is -0.471. The SMILES string of the molecule is COc1ccc(-c2c(C)nn3c(-c4ccc(F)c(Cl)c4)cc(N4CCCC4CO)nc23)cc1. The van der Waals surface area contributed by atoms with Gasteiger partial charge in [-0.25, -0.2) is 13.9 Å². The molecule has 1 aliphatic rings. The molecule has 2 aromatic carbocycles. The Hall–Kier alpha value is -3.16. The lowest BCUT2D eigenvalue weighted by Crippen LogP contribution is -2.32. The lowest BCUT2D eigenvalue weighted by atomic mass is 10.1. The van der Waals surface area contributed by atoms with Crippen LogP contribution in [0.15, 0.2) is 48.5 Å². The molecule has 1 atom stereocenters. The summed E-state index contributed by atoms with van der Waals surface area (Å²) in [7, 11) is 1.64. The molecule has 3 heterocycles. The van der Waals surface area contributed by atoms with Crippen molar-refractivity contribution >= 4 is 23.1 Å². The van der Waals surface area contributed by atoms with Gasteiger partial charge < -0.3 is 14.7 Å². The number of anilines is 1. The number of nitrogens with zero attached hydrogens (tertiary/aromatic N) is 4. The Labute approximate surface area is 196 Å². The second-order valence-electron chi connectivity index (χ2n) is 8.22. The Morgan fingerprint density at radius 3 is 2.61 bits per heavy atom. The molecule has 33 heavy (non-hydrogen) atoms. The van der Waals surface area contributed by atoms with E-state index in [2.05, 4.69) is 4.90 Å². The van der Waals surface area contributed by atoms with Crippen molar-refractivity contribution in [1.82, 2.24) is 14.6 Å². The highest BCUT2D eigenvalue weighted by molar-refractivity contribution is 6.31. The van der Waals surface area contributed by atoms with Crippen molar-refractivity contribution < 1.29 is 14.2 Å². The first kappa shape index (κ1) is 21.7. The van der Waals surface area contributed by atoms with E-state index in [0.717, 1.165) is 59.0 Å². The van der Waals surface area contributed by atoms with Gasteiger partial charge in [-0.2, -0.15) is 5.10 Å². The third-order valence-electron chi connectivity index (χ3n) is 6.23. The summed E-state index contributed by atoms with van der Waals surface area (Å²) in [5.74, 6) is 1.05. The summed E-state index contributed by atoms with van der Waals surface area (Å²) in [4.78, 5) is 7.13. The van der Waals surface area contributed by atoms with Gasteiger partial charge in [0, 0.05) is 23.7 Å². The summed E-state index contributed by atoms with van der Waals surface area (Å²) in [5, 5.41) is 14.7. The smallest absolute Gasteiger partial charge is 0.166 e.